The molecule has 0 amide bonds. The molecule has 4 rings (SSSR count). The standard InChI is InChI=1S/C27H34N2O4S/c1-17-18(2)25-23(19(3)24(17)32-20(4)30)11-12-27(5,33-25)26(34)29-15-13-28(14-16-29)21-7-9-22(31-6)10-8-21/h7-10H,11-16H2,1-6H3. The van der Waals surface area contributed by atoms with Crippen LogP contribution in [-0.4, -0.2) is 54.7 Å². The van der Waals surface area contributed by atoms with Gasteiger partial charge in [-0.15, -0.1) is 0 Å². The third-order valence-corrected chi connectivity index (χ3v) is 7.88. The lowest BCUT2D eigenvalue weighted by Gasteiger charge is -2.45. The van der Waals surface area contributed by atoms with Crippen LogP contribution in [0.3, 0.4) is 0 Å². The lowest BCUT2D eigenvalue weighted by Crippen LogP contribution is -2.57. The van der Waals surface area contributed by atoms with Gasteiger partial charge in [0.15, 0.2) is 5.60 Å². The Morgan fingerprint density at radius 1 is 1.03 bits per heavy atom. The van der Waals surface area contributed by atoms with Crippen molar-refractivity contribution < 1.29 is 19.0 Å². The Bertz CT molecular complexity index is 1110. The van der Waals surface area contributed by atoms with E-state index in [1.807, 2.05) is 32.9 Å². The van der Waals surface area contributed by atoms with E-state index in [-0.39, 0.29) is 5.97 Å². The molecule has 0 radical (unpaired) electrons. The molecule has 1 atom stereocenters. The second-order valence-corrected chi connectivity index (χ2v) is 9.80. The summed E-state index contributed by atoms with van der Waals surface area (Å²) in [6.07, 6.45) is 1.62. The first-order valence-electron chi connectivity index (χ1n) is 11.8. The molecule has 0 aliphatic carbocycles. The van der Waals surface area contributed by atoms with E-state index in [1.165, 1.54) is 12.6 Å². The van der Waals surface area contributed by atoms with Gasteiger partial charge in [-0.25, -0.2) is 0 Å². The summed E-state index contributed by atoms with van der Waals surface area (Å²) in [5.74, 6) is 2.11. The predicted molar refractivity (Wildman–Crippen MR) is 139 cm³/mol. The topological polar surface area (TPSA) is 51.2 Å². The first-order valence-corrected chi connectivity index (χ1v) is 12.2. The van der Waals surface area contributed by atoms with E-state index in [0.717, 1.165) is 77.8 Å². The number of rotatable bonds is 4. The first kappa shape index (κ1) is 24.3. The van der Waals surface area contributed by atoms with Crippen molar-refractivity contribution in [1.29, 1.82) is 0 Å². The zero-order valence-electron chi connectivity index (χ0n) is 21.0. The highest BCUT2D eigenvalue weighted by atomic mass is 32.1. The van der Waals surface area contributed by atoms with Gasteiger partial charge in [-0.2, -0.15) is 0 Å². The van der Waals surface area contributed by atoms with Crippen molar-refractivity contribution >= 4 is 28.9 Å². The largest absolute Gasteiger partial charge is 0.497 e. The molecule has 2 aromatic rings. The number of carbonyl (C=O) groups is 1. The average molecular weight is 483 g/mol. The number of thiocarbonyl (C=S) groups is 1. The number of esters is 1. The molecule has 2 aliphatic heterocycles. The molecule has 0 bridgehead atoms. The summed E-state index contributed by atoms with van der Waals surface area (Å²) in [6.45, 7) is 13.1. The van der Waals surface area contributed by atoms with Crippen molar-refractivity contribution in [3.63, 3.8) is 0 Å². The number of carbonyl (C=O) groups excluding carboxylic acids is 1. The highest BCUT2D eigenvalue weighted by molar-refractivity contribution is 7.80. The van der Waals surface area contributed by atoms with Gasteiger partial charge in [-0.3, -0.25) is 4.79 Å². The minimum atomic E-state index is -0.544. The number of piperazine rings is 1. The molecule has 0 spiro atoms. The third kappa shape index (κ3) is 4.45. The minimum absolute atomic E-state index is 0.304. The number of ether oxygens (including phenoxy) is 3. The highest BCUT2D eigenvalue weighted by Crippen LogP contribution is 2.44. The zero-order valence-corrected chi connectivity index (χ0v) is 21.8. The second-order valence-electron chi connectivity index (χ2n) is 9.42. The molecule has 0 N–H and O–H groups in total. The van der Waals surface area contributed by atoms with Crippen molar-refractivity contribution in [2.75, 3.05) is 38.2 Å². The predicted octanol–water partition coefficient (Wildman–Crippen LogP) is 4.78. The summed E-state index contributed by atoms with van der Waals surface area (Å²) in [7, 11) is 1.68. The fraction of sp³-hybridized carbons (Fsp3) is 0.481. The molecule has 0 aromatic heterocycles. The van der Waals surface area contributed by atoms with Gasteiger partial charge in [-0.1, -0.05) is 12.2 Å². The smallest absolute Gasteiger partial charge is 0.308 e. The summed E-state index contributed by atoms with van der Waals surface area (Å²) >= 11 is 6.01. The number of anilines is 1. The van der Waals surface area contributed by atoms with Crippen LogP contribution < -0.4 is 19.1 Å². The van der Waals surface area contributed by atoms with Crippen molar-refractivity contribution in [1.82, 2.24) is 4.90 Å². The monoisotopic (exact) mass is 482 g/mol. The number of nitrogens with zero attached hydrogens (tertiary/aromatic N) is 2. The fourth-order valence-electron chi connectivity index (χ4n) is 4.98. The Balaban J connectivity index is 1.48. The van der Waals surface area contributed by atoms with Crippen LogP contribution in [-0.2, 0) is 11.2 Å². The van der Waals surface area contributed by atoms with Gasteiger partial charge in [0.1, 0.15) is 22.2 Å². The van der Waals surface area contributed by atoms with Gasteiger partial charge in [0.25, 0.3) is 0 Å². The number of methoxy groups -OCH3 is 1. The Hall–Kier alpha value is -2.80. The Kier molecular flexibility index (Phi) is 6.76. The van der Waals surface area contributed by atoms with E-state index >= 15 is 0 Å². The van der Waals surface area contributed by atoms with Crippen LogP contribution in [0.4, 0.5) is 5.69 Å². The SMILES string of the molecule is COc1ccc(N2CCN(C(=S)C3(C)CCc4c(C)c(OC(C)=O)c(C)c(C)c4O3)CC2)cc1. The Morgan fingerprint density at radius 3 is 2.26 bits per heavy atom. The van der Waals surface area contributed by atoms with Crippen molar-refractivity contribution in [3.8, 4) is 17.2 Å². The molecule has 1 fully saturated rings. The van der Waals surface area contributed by atoms with E-state index in [2.05, 4.69) is 28.9 Å². The second kappa shape index (κ2) is 9.45. The maximum absolute atomic E-state index is 11.6. The van der Waals surface area contributed by atoms with E-state index in [1.54, 1.807) is 7.11 Å². The summed E-state index contributed by atoms with van der Waals surface area (Å²) in [5.41, 5.74) is 4.70. The van der Waals surface area contributed by atoms with Crippen LogP contribution in [0.5, 0.6) is 17.2 Å². The zero-order chi connectivity index (χ0) is 24.6. The first-order chi connectivity index (χ1) is 16.1. The highest BCUT2D eigenvalue weighted by Gasteiger charge is 2.41. The molecular weight excluding hydrogens is 448 g/mol. The van der Waals surface area contributed by atoms with Crippen LogP contribution in [0.1, 0.15) is 42.5 Å². The van der Waals surface area contributed by atoms with Gasteiger partial charge in [0.05, 0.1) is 7.11 Å². The van der Waals surface area contributed by atoms with Gasteiger partial charge >= 0.3 is 5.97 Å². The lowest BCUT2D eigenvalue weighted by atomic mass is 9.86. The molecule has 0 saturated carbocycles. The van der Waals surface area contributed by atoms with Crippen LogP contribution in [0.25, 0.3) is 0 Å². The van der Waals surface area contributed by atoms with Crippen LogP contribution >= 0.6 is 12.2 Å². The maximum atomic E-state index is 11.6. The number of fused-ring (bicyclic) bond motifs is 1. The van der Waals surface area contributed by atoms with E-state index in [0.29, 0.717) is 5.75 Å². The van der Waals surface area contributed by atoms with E-state index in [9.17, 15) is 4.79 Å². The normalized spacial score (nSPS) is 19.8. The van der Waals surface area contributed by atoms with Gasteiger partial charge in [-0.05, 0) is 81.5 Å². The Morgan fingerprint density at radius 2 is 1.68 bits per heavy atom. The number of benzene rings is 2. The van der Waals surface area contributed by atoms with Crippen LogP contribution in [0, 0.1) is 20.8 Å². The molecule has 182 valence electrons. The number of hydrogen-bond donors (Lipinski definition) is 0. The quantitative estimate of drug-likeness (QED) is 0.353. The molecule has 7 heteroatoms. The molecule has 2 heterocycles. The summed E-state index contributed by atoms with van der Waals surface area (Å²) in [6, 6.07) is 8.21. The van der Waals surface area contributed by atoms with E-state index < -0.39 is 5.60 Å². The molecule has 1 unspecified atom stereocenters. The summed E-state index contributed by atoms with van der Waals surface area (Å²) in [4.78, 5) is 17.2. The molecule has 34 heavy (non-hydrogen) atoms. The minimum Gasteiger partial charge on any atom is -0.497 e. The molecule has 2 aliphatic rings. The molecule has 2 aromatic carbocycles. The van der Waals surface area contributed by atoms with Crippen LogP contribution in [0.2, 0.25) is 0 Å². The third-order valence-electron chi connectivity index (χ3n) is 7.19. The van der Waals surface area contributed by atoms with Crippen molar-refractivity contribution in [2.45, 2.75) is 53.1 Å². The van der Waals surface area contributed by atoms with Gasteiger partial charge < -0.3 is 24.0 Å². The summed E-state index contributed by atoms with van der Waals surface area (Å²) in [5, 5.41) is 0. The summed E-state index contributed by atoms with van der Waals surface area (Å²) < 4.78 is 17.5. The van der Waals surface area contributed by atoms with Crippen molar-refractivity contribution in [3.05, 3.63) is 46.5 Å². The van der Waals surface area contributed by atoms with E-state index in [4.69, 9.17) is 26.4 Å². The van der Waals surface area contributed by atoms with Gasteiger partial charge in [0.2, 0.25) is 0 Å². The molecule has 1 saturated heterocycles. The molecule has 6 nitrogen and oxygen atoms in total. The fourth-order valence-corrected chi connectivity index (χ4v) is 5.30. The molecular formula is C27H34N2O4S. The van der Waals surface area contributed by atoms with Gasteiger partial charge in [0, 0.05) is 44.4 Å². The van der Waals surface area contributed by atoms with Crippen molar-refractivity contribution in [2.24, 2.45) is 0 Å². The maximum Gasteiger partial charge on any atom is 0.308 e. The average Bonchev–Trinajstić information content (AvgIpc) is 2.85. The lowest BCUT2D eigenvalue weighted by molar-refractivity contribution is -0.132. The van der Waals surface area contributed by atoms with Crippen LogP contribution in [0.15, 0.2) is 24.3 Å². The number of hydrogen-bond acceptors (Lipinski definition) is 6. The Labute approximate surface area is 207 Å².